The first-order chi connectivity index (χ1) is 18.3. The summed E-state index contributed by atoms with van der Waals surface area (Å²) >= 11 is 0. The van der Waals surface area contributed by atoms with Crippen LogP contribution in [-0.2, 0) is 30.3 Å². The van der Waals surface area contributed by atoms with Crippen molar-refractivity contribution in [1.29, 1.82) is 0 Å². The van der Waals surface area contributed by atoms with Crippen LogP contribution in [0, 0.1) is 13.8 Å². The lowest BCUT2D eigenvalue weighted by molar-refractivity contribution is -0.143. The highest BCUT2D eigenvalue weighted by atomic mass is 16.6. The maximum Gasteiger partial charge on any atom is 0.408 e. The van der Waals surface area contributed by atoms with Crippen LogP contribution >= 0.6 is 0 Å². The van der Waals surface area contributed by atoms with E-state index in [1.807, 2.05) is 62.4 Å². The lowest BCUT2D eigenvalue weighted by Gasteiger charge is -2.32. The lowest BCUT2D eigenvalue weighted by Crippen LogP contribution is -2.52. The number of alkyl carbamates (subject to hydrolysis) is 1. The highest BCUT2D eigenvalue weighted by molar-refractivity contribution is 5.92. The number of nitrogens with one attached hydrogen (secondary N) is 2. The summed E-state index contributed by atoms with van der Waals surface area (Å²) in [7, 11) is 1.53. The molecule has 0 heterocycles. The molecule has 0 aliphatic rings. The van der Waals surface area contributed by atoms with Gasteiger partial charge in [0.1, 0.15) is 17.7 Å². The van der Waals surface area contributed by atoms with Crippen molar-refractivity contribution in [2.45, 2.75) is 72.1 Å². The van der Waals surface area contributed by atoms with Crippen molar-refractivity contribution in [2.24, 2.45) is 0 Å². The minimum absolute atomic E-state index is 0.00758. The molecule has 9 nitrogen and oxygen atoms in total. The molecule has 0 saturated carbocycles. The van der Waals surface area contributed by atoms with E-state index in [9.17, 15) is 19.2 Å². The Morgan fingerprint density at radius 3 is 2.15 bits per heavy atom. The average molecular weight is 540 g/mol. The topological polar surface area (TPSA) is 114 Å². The van der Waals surface area contributed by atoms with Crippen LogP contribution in [0.1, 0.15) is 62.4 Å². The van der Waals surface area contributed by atoms with Crippen molar-refractivity contribution in [3.63, 3.8) is 0 Å². The maximum absolute atomic E-state index is 13.9. The summed E-state index contributed by atoms with van der Waals surface area (Å²) in [5.41, 5.74) is 2.57. The van der Waals surface area contributed by atoms with Gasteiger partial charge >= 0.3 is 12.1 Å². The van der Waals surface area contributed by atoms with Crippen LogP contribution in [-0.4, -0.2) is 60.6 Å². The van der Waals surface area contributed by atoms with Gasteiger partial charge in [-0.05, 0) is 52.7 Å². The molecule has 0 aliphatic heterocycles. The summed E-state index contributed by atoms with van der Waals surface area (Å²) in [5.74, 6) is -1.33. The molecule has 2 aromatic carbocycles. The molecule has 0 spiro atoms. The summed E-state index contributed by atoms with van der Waals surface area (Å²) in [6.07, 6.45) is -0.520. The Balaban J connectivity index is 2.38. The van der Waals surface area contributed by atoms with Gasteiger partial charge in [-0.25, -0.2) is 4.79 Å². The second-order valence-corrected chi connectivity index (χ2v) is 10.5. The van der Waals surface area contributed by atoms with Crippen molar-refractivity contribution in [2.75, 3.05) is 20.2 Å². The predicted octanol–water partition coefficient (Wildman–Crippen LogP) is 4.01. The third-order valence-electron chi connectivity index (χ3n) is 5.75. The highest BCUT2D eigenvalue weighted by Crippen LogP contribution is 2.24. The Hall–Kier alpha value is -3.88. The van der Waals surface area contributed by atoms with Crippen LogP contribution < -0.4 is 10.6 Å². The summed E-state index contributed by atoms with van der Waals surface area (Å²) in [6.45, 7) is 11.1. The average Bonchev–Trinajstić information content (AvgIpc) is 2.82. The van der Waals surface area contributed by atoms with E-state index in [0.29, 0.717) is 5.56 Å². The van der Waals surface area contributed by atoms with E-state index in [4.69, 9.17) is 9.47 Å². The number of likely N-dealkylation sites (N-methyl/N-ethyl adjacent to an activating group) is 1. The van der Waals surface area contributed by atoms with E-state index in [0.717, 1.165) is 16.7 Å². The van der Waals surface area contributed by atoms with Gasteiger partial charge in [0, 0.05) is 20.0 Å². The molecule has 0 aromatic heterocycles. The smallest absolute Gasteiger partial charge is 0.408 e. The number of aryl methyl sites for hydroxylation is 2. The number of esters is 1. The van der Waals surface area contributed by atoms with Gasteiger partial charge in [-0.2, -0.15) is 0 Å². The number of rotatable bonds is 11. The largest absolute Gasteiger partial charge is 0.466 e. The first-order valence-corrected chi connectivity index (χ1v) is 13.1. The van der Waals surface area contributed by atoms with Gasteiger partial charge < -0.3 is 25.0 Å². The molecule has 0 radical (unpaired) electrons. The van der Waals surface area contributed by atoms with E-state index >= 15 is 0 Å². The monoisotopic (exact) mass is 539 g/mol. The van der Waals surface area contributed by atoms with Gasteiger partial charge in [0.05, 0.1) is 13.0 Å². The number of amides is 3. The van der Waals surface area contributed by atoms with E-state index in [-0.39, 0.29) is 26.0 Å². The summed E-state index contributed by atoms with van der Waals surface area (Å²) in [4.78, 5) is 53.2. The Labute approximate surface area is 231 Å². The number of hydrogen-bond donors (Lipinski definition) is 2. The van der Waals surface area contributed by atoms with E-state index in [1.54, 1.807) is 27.7 Å². The zero-order chi connectivity index (χ0) is 29.2. The molecule has 39 heavy (non-hydrogen) atoms. The van der Waals surface area contributed by atoms with Crippen molar-refractivity contribution in [3.8, 4) is 0 Å². The molecular formula is C30H41N3O6. The standard InChI is InChI=1S/C30H41N3O6/c1-8-38-25(34)14-15-31-27(35)26(23-17-20(2)16-21(3)18-23)33(7)28(36)24(19-22-12-10-9-11-13-22)32-29(37)39-30(4,5)6/h9-13,16-18,24,26H,8,14-15,19H2,1-7H3,(H,31,35)(H,32,37). The second-order valence-electron chi connectivity index (χ2n) is 10.5. The quantitative estimate of drug-likeness (QED) is 0.417. The van der Waals surface area contributed by atoms with Gasteiger partial charge in [-0.3, -0.25) is 14.4 Å². The molecule has 2 atom stereocenters. The molecule has 212 valence electrons. The normalized spacial score (nSPS) is 12.6. The van der Waals surface area contributed by atoms with Gasteiger partial charge in [0.15, 0.2) is 0 Å². The van der Waals surface area contributed by atoms with Gasteiger partial charge in [-0.1, -0.05) is 59.7 Å². The first-order valence-electron chi connectivity index (χ1n) is 13.1. The second kappa shape index (κ2) is 14.3. The minimum atomic E-state index is -1.00. The summed E-state index contributed by atoms with van der Waals surface area (Å²) < 4.78 is 10.3. The molecule has 2 rings (SSSR count). The fourth-order valence-electron chi connectivity index (χ4n) is 4.21. The zero-order valence-electron chi connectivity index (χ0n) is 24.0. The zero-order valence-corrected chi connectivity index (χ0v) is 24.0. The Kier molecular flexibility index (Phi) is 11.5. The predicted molar refractivity (Wildman–Crippen MR) is 149 cm³/mol. The van der Waals surface area contributed by atoms with Crippen LogP contribution in [0.5, 0.6) is 0 Å². The molecule has 2 unspecified atom stereocenters. The molecule has 0 bridgehead atoms. The number of carbonyl (C=O) groups is 4. The third-order valence-corrected chi connectivity index (χ3v) is 5.75. The van der Waals surface area contributed by atoms with Gasteiger partial charge in [-0.15, -0.1) is 0 Å². The number of benzene rings is 2. The first kappa shape index (κ1) is 31.3. The summed E-state index contributed by atoms with van der Waals surface area (Å²) in [5, 5.41) is 5.46. The molecule has 0 saturated heterocycles. The third kappa shape index (κ3) is 10.4. The number of hydrogen-bond acceptors (Lipinski definition) is 6. The van der Waals surface area contributed by atoms with Crippen molar-refractivity contribution < 1.29 is 28.7 Å². The highest BCUT2D eigenvalue weighted by Gasteiger charge is 2.34. The number of ether oxygens (including phenoxy) is 2. The molecule has 2 aromatic rings. The summed E-state index contributed by atoms with van der Waals surface area (Å²) in [6, 6.07) is 13.0. The van der Waals surface area contributed by atoms with E-state index in [2.05, 4.69) is 10.6 Å². The lowest BCUT2D eigenvalue weighted by atomic mass is 9.98. The Bertz CT molecular complexity index is 1120. The van der Waals surface area contributed by atoms with Gasteiger partial charge in [0.25, 0.3) is 0 Å². The van der Waals surface area contributed by atoms with Crippen LogP contribution in [0.25, 0.3) is 0 Å². The SMILES string of the molecule is CCOC(=O)CCNC(=O)C(c1cc(C)cc(C)c1)N(C)C(=O)C(Cc1ccccc1)NC(=O)OC(C)(C)C. The van der Waals surface area contributed by atoms with Crippen molar-refractivity contribution in [1.82, 2.24) is 15.5 Å². The molecule has 3 amide bonds. The molecule has 2 N–H and O–H groups in total. The maximum atomic E-state index is 13.9. The van der Waals surface area contributed by atoms with Crippen molar-refractivity contribution >= 4 is 23.9 Å². The molecule has 0 aliphatic carbocycles. The van der Waals surface area contributed by atoms with Crippen LogP contribution in [0.2, 0.25) is 0 Å². The fourth-order valence-corrected chi connectivity index (χ4v) is 4.21. The Morgan fingerprint density at radius 2 is 1.59 bits per heavy atom. The van der Waals surface area contributed by atoms with E-state index < -0.39 is 41.6 Å². The molecule has 9 heteroatoms. The van der Waals surface area contributed by atoms with Crippen molar-refractivity contribution in [3.05, 3.63) is 70.8 Å². The number of carbonyl (C=O) groups excluding carboxylic acids is 4. The fraction of sp³-hybridized carbons (Fsp3) is 0.467. The number of nitrogens with zero attached hydrogens (tertiary/aromatic N) is 1. The Morgan fingerprint density at radius 1 is 0.974 bits per heavy atom. The van der Waals surface area contributed by atoms with E-state index in [1.165, 1.54) is 11.9 Å². The van der Waals surface area contributed by atoms with Crippen LogP contribution in [0.15, 0.2) is 48.5 Å². The van der Waals surface area contributed by atoms with Crippen LogP contribution in [0.3, 0.4) is 0 Å². The minimum Gasteiger partial charge on any atom is -0.466 e. The van der Waals surface area contributed by atoms with Crippen LogP contribution in [0.4, 0.5) is 4.79 Å². The van der Waals surface area contributed by atoms with Gasteiger partial charge in [0.2, 0.25) is 11.8 Å². The molecule has 0 fully saturated rings. The molecular weight excluding hydrogens is 498 g/mol.